The summed E-state index contributed by atoms with van der Waals surface area (Å²) in [6, 6.07) is 0. The molecule has 0 aromatic rings. The molecule has 2 nitrogen and oxygen atoms in total. The summed E-state index contributed by atoms with van der Waals surface area (Å²) in [6.45, 7) is 4.33. The van der Waals surface area contributed by atoms with Gasteiger partial charge in [0.15, 0.2) is 5.78 Å². The summed E-state index contributed by atoms with van der Waals surface area (Å²) in [7, 11) is 1.70. The van der Waals surface area contributed by atoms with Crippen LogP contribution in [0.25, 0.3) is 0 Å². The van der Waals surface area contributed by atoms with E-state index in [9.17, 15) is 4.79 Å². The van der Waals surface area contributed by atoms with Gasteiger partial charge in [-0.15, -0.1) is 0 Å². The number of allylic oxidation sites excluding steroid dienone is 3. The normalized spacial score (nSPS) is 16.2. The average Bonchev–Trinajstić information content (AvgIpc) is 2.35. The number of hydrogen-bond donors (Lipinski definition) is 0. The quantitative estimate of drug-likeness (QED) is 0.663. The molecular weight excluding hydrogens is 212 g/mol. The molecule has 0 radical (unpaired) electrons. The van der Waals surface area contributed by atoms with Crippen LogP contribution in [0.3, 0.4) is 0 Å². The molecule has 96 valence electrons. The van der Waals surface area contributed by atoms with Crippen molar-refractivity contribution in [3.05, 3.63) is 23.0 Å². The van der Waals surface area contributed by atoms with Gasteiger partial charge in [-0.1, -0.05) is 26.7 Å². The van der Waals surface area contributed by atoms with Crippen LogP contribution in [0, 0.1) is 0 Å². The standard InChI is InChI=1S/C15H24O2/c1-4-6-8-12-13(9-7-5-2)15(17-3)11-10-14(12)16/h11H,4-10H2,1-3H3. The lowest BCUT2D eigenvalue weighted by Gasteiger charge is -2.20. The van der Waals surface area contributed by atoms with Crippen molar-refractivity contribution in [2.45, 2.75) is 58.8 Å². The zero-order valence-electron chi connectivity index (χ0n) is 11.3. The number of methoxy groups -OCH3 is 1. The van der Waals surface area contributed by atoms with E-state index < -0.39 is 0 Å². The lowest BCUT2D eigenvalue weighted by molar-refractivity contribution is -0.115. The average molecular weight is 236 g/mol. The van der Waals surface area contributed by atoms with Gasteiger partial charge in [0.1, 0.15) is 5.76 Å². The van der Waals surface area contributed by atoms with Crippen molar-refractivity contribution in [3.63, 3.8) is 0 Å². The molecule has 0 aromatic heterocycles. The number of hydrogen-bond acceptors (Lipinski definition) is 2. The number of ketones is 1. The molecule has 2 heteroatoms. The first kappa shape index (κ1) is 14.0. The summed E-state index contributed by atoms with van der Waals surface area (Å²) in [5.41, 5.74) is 2.19. The zero-order valence-corrected chi connectivity index (χ0v) is 11.3. The molecule has 0 spiro atoms. The van der Waals surface area contributed by atoms with E-state index in [2.05, 4.69) is 13.8 Å². The van der Waals surface area contributed by atoms with Crippen molar-refractivity contribution in [1.82, 2.24) is 0 Å². The minimum Gasteiger partial charge on any atom is -0.497 e. The number of unbranched alkanes of at least 4 members (excludes halogenated alkanes) is 2. The van der Waals surface area contributed by atoms with Gasteiger partial charge >= 0.3 is 0 Å². The van der Waals surface area contributed by atoms with Crippen molar-refractivity contribution in [2.24, 2.45) is 0 Å². The Morgan fingerprint density at radius 3 is 2.24 bits per heavy atom. The predicted molar refractivity (Wildman–Crippen MR) is 70.8 cm³/mol. The molecule has 0 saturated heterocycles. The monoisotopic (exact) mass is 236 g/mol. The maximum atomic E-state index is 12.0. The fourth-order valence-corrected chi connectivity index (χ4v) is 2.23. The molecule has 1 rings (SSSR count). The Hall–Kier alpha value is -1.05. The molecule has 1 aliphatic carbocycles. The Morgan fingerprint density at radius 1 is 1.12 bits per heavy atom. The highest BCUT2D eigenvalue weighted by Gasteiger charge is 2.21. The molecule has 0 N–H and O–H groups in total. The Labute approximate surface area is 105 Å². The number of Topliss-reactive ketones (excluding diaryl/α,β-unsaturated/α-hetero) is 1. The van der Waals surface area contributed by atoms with E-state index in [0.717, 1.165) is 49.9 Å². The number of ether oxygens (including phenoxy) is 1. The van der Waals surface area contributed by atoms with Gasteiger partial charge in [-0.3, -0.25) is 4.79 Å². The third-order valence-electron chi connectivity index (χ3n) is 3.25. The van der Waals surface area contributed by atoms with Gasteiger partial charge in [-0.25, -0.2) is 0 Å². The third-order valence-corrected chi connectivity index (χ3v) is 3.25. The first-order chi connectivity index (χ1) is 8.24. The smallest absolute Gasteiger partial charge is 0.163 e. The first-order valence-corrected chi connectivity index (χ1v) is 6.74. The van der Waals surface area contributed by atoms with Gasteiger partial charge in [0.05, 0.1) is 7.11 Å². The minimum absolute atomic E-state index is 0.297. The molecule has 0 saturated carbocycles. The van der Waals surface area contributed by atoms with E-state index in [1.54, 1.807) is 7.11 Å². The second kappa shape index (κ2) is 7.31. The third kappa shape index (κ3) is 3.72. The first-order valence-electron chi connectivity index (χ1n) is 6.74. The van der Waals surface area contributed by atoms with Crippen LogP contribution in [0.4, 0.5) is 0 Å². The second-order valence-corrected chi connectivity index (χ2v) is 4.56. The van der Waals surface area contributed by atoms with Crippen LogP contribution >= 0.6 is 0 Å². The summed E-state index contributed by atoms with van der Waals surface area (Å²) >= 11 is 0. The van der Waals surface area contributed by atoms with Crippen LogP contribution < -0.4 is 0 Å². The van der Waals surface area contributed by atoms with Crippen LogP contribution in [0.5, 0.6) is 0 Å². The van der Waals surface area contributed by atoms with Gasteiger partial charge in [0, 0.05) is 17.6 Å². The molecule has 0 aromatic carbocycles. The van der Waals surface area contributed by atoms with Crippen molar-refractivity contribution < 1.29 is 9.53 Å². The molecule has 1 aliphatic rings. The van der Waals surface area contributed by atoms with Crippen LogP contribution in [-0.4, -0.2) is 12.9 Å². The highest BCUT2D eigenvalue weighted by Crippen LogP contribution is 2.30. The van der Waals surface area contributed by atoms with Crippen LogP contribution in [0.2, 0.25) is 0 Å². The maximum absolute atomic E-state index is 12.0. The largest absolute Gasteiger partial charge is 0.497 e. The molecule has 0 aliphatic heterocycles. The van der Waals surface area contributed by atoms with E-state index in [0.29, 0.717) is 12.2 Å². The highest BCUT2D eigenvalue weighted by atomic mass is 16.5. The Bertz CT molecular complexity index is 324. The SMILES string of the molecule is CCCCC1=C(CCCC)C(OC)=CCC1=O. The molecule has 17 heavy (non-hydrogen) atoms. The topological polar surface area (TPSA) is 26.3 Å². The molecule has 0 heterocycles. The van der Waals surface area contributed by atoms with E-state index in [-0.39, 0.29) is 0 Å². The summed E-state index contributed by atoms with van der Waals surface area (Å²) in [6.07, 6.45) is 8.82. The van der Waals surface area contributed by atoms with Crippen LogP contribution in [-0.2, 0) is 9.53 Å². The van der Waals surface area contributed by atoms with Crippen LogP contribution in [0.15, 0.2) is 23.0 Å². The second-order valence-electron chi connectivity index (χ2n) is 4.56. The molecule has 0 unspecified atom stereocenters. The lowest BCUT2D eigenvalue weighted by Crippen LogP contribution is -2.13. The summed E-state index contributed by atoms with van der Waals surface area (Å²) in [5.74, 6) is 1.23. The van der Waals surface area contributed by atoms with Gasteiger partial charge in [0.25, 0.3) is 0 Å². The van der Waals surface area contributed by atoms with E-state index in [1.807, 2.05) is 6.08 Å². The lowest BCUT2D eigenvalue weighted by atomic mass is 9.88. The maximum Gasteiger partial charge on any atom is 0.163 e. The Balaban J connectivity index is 2.91. The molecular formula is C15H24O2. The number of rotatable bonds is 7. The van der Waals surface area contributed by atoms with E-state index >= 15 is 0 Å². The fourth-order valence-electron chi connectivity index (χ4n) is 2.23. The van der Waals surface area contributed by atoms with Crippen molar-refractivity contribution in [2.75, 3.05) is 7.11 Å². The van der Waals surface area contributed by atoms with E-state index in [1.165, 1.54) is 5.57 Å². The highest BCUT2D eigenvalue weighted by molar-refractivity contribution is 5.99. The van der Waals surface area contributed by atoms with Gasteiger partial charge in [-0.2, -0.15) is 0 Å². The minimum atomic E-state index is 0.297. The van der Waals surface area contributed by atoms with Crippen LogP contribution in [0.1, 0.15) is 58.8 Å². The summed E-state index contributed by atoms with van der Waals surface area (Å²) in [4.78, 5) is 12.0. The Morgan fingerprint density at radius 2 is 1.71 bits per heavy atom. The molecule has 0 amide bonds. The molecule has 0 atom stereocenters. The number of carbonyl (C=O) groups is 1. The van der Waals surface area contributed by atoms with Crippen molar-refractivity contribution in [1.29, 1.82) is 0 Å². The van der Waals surface area contributed by atoms with Gasteiger partial charge in [-0.05, 0) is 31.8 Å². The van der Waals surface area contributed by atoms with Gasteiger partial charge < -0.3 is 4.74 Å². The molecule has 0 fully saturated rings. The summed E-state index contributed by atoms with van der Waals surface area (Å²) in [5, 5.41) is 0. The van der Waals surface area contributed by atoms with E-state index in [4.69, 9.17) is 4.74 Å². The predicted octanol–water partition coefficient (Wildman–Crippen LogP) is 4.17. The summed E-state index contributed by atoms with van der Waals surface area (Å²) < 4.78 is 5.41. The van der Waals surface area contributed by atoms with Crippen molar-refractivity contribution in [3.8, 4) is 0 Å². The van der Waals surface area contributed by atoms with Crippen molar-refractivity contribution >= 4 is 5.78 Å². The number of carbonyl (C=O) groups excluding carboxylic acids is 1. The zero-order chi connectivity index (χ0) is 12.7. The van der Waals surface area contributed by atoms with Gasteiger partial charge in [0.2, 0.25) is 0 Å². The molecule has 0 bridgehead atoms. The fraction of sp³-hybridized carbons (Fsp3) is 0.667. The Kier molecular flexibility index (Phi) is 6.03.